The average molecular weight is 295 g/mol. The molecule has 0 radical (unpaired) electrons. The molecule has 0 N–H and O–H groups in total. The molecule has 0 spiro atoms. The number of hydrogen-bond acceptors (Lipinski definition) is 0. The van der Waals surface area contributed by atoms with Crippen LogP contribution in [0.15, 0.2) is 59.1 Å². The molecule has 1 aliphatic rings. The van der Waals surface area contributed by atoms with Gasteiger partial charge in [-0.05, 0) is 51.6 Å². The summed E-state index contributed by atoms with van der Waals surface area (Å²) < 4.78 is 1.20. The molecule has 0 heterocycles. The molecule has 0 bridgehead atoms. The van der Waals surface area contributed by atoms with Gasteiger partial charge in [-0.3, -0.25) is 0 Å². The van der Waals surface area contributed by atoms with Crippen molar-refractivity contribution >= 4 is 26.7 Å². The van der Waals surface area contributed by atoms with E-state index < -0.39 is 0 Å². The molecule has 0 unspecified atom stereocenters. The van der Waals surface area contributed by atoms with Gasteiger partial charge < -0.3 is 0 Å². The molecule has 0 aromatic heterocycles. The number of hydrogen-bond donors (Lipinski definition) is 0. The summed E-state index contributed by atoms with van der Waals surface area (Å²) in [5.41, 5.74) is 5.62. The fourth-order valence-electron chi connectivity index (χ4n) is 2.89. The minimum Gasteiger partial charge on any atom is -0.0616 e. The summed E-state index contributed by atoms with van der Waals surface area (Å²) >= 11 is 3.68. The molecule has 0 saturated heterocycles. The van der Waals surface area contributed by atoms with E-state index in [9.17, 15) is 0 Å². The average Bonchev–Trinajstić information content (AvgIpc) is 2.74. The number of fused-ring (bicyclic) bond motifs is 4. The summed E-state index contributed by atoms with van der Waals surface area (Å²) in [7, 11) is 0. The molecule has 0 fully saturated rings. The van der Waals surface area contributed by atoms with E-state index >= 15 is 0 Å². The van der Waals surface area contributed by atoms with Crippen molar-refractivity contribution in [3.63, 3.8) is 0 Å². The first-order valence-electron chi connectivity index (χ1n) is 6.12. The zero-order valence-electron chi connectivity index (χ0n) is 9.78. The van der Waals surface area contributed by atoms with Gasteiger partial charge >= 0.3 is 0 Å². The molecule has 0 nitrogen and oxygen atoms in total. The Hall–Kier alpha value is -1.60. The molecular formula is C17H11Br. The Balaban J connectivity index is 2.09. The van der Waals surface area contributed by atoms with Crippen LogP contribution in [0.25, 0.3) is 21.9 Å². The minimum atomic E-state index is 1.05. The van der Waals surface area contributed by atoms with Crippen molar-refractivity contribution in [2.45, 2.75) is 6.42 Å². The molecule has 1 heteroatoms. The lowest BCUT2D eigenvalue weighted by atomic mass is 10.0. The van der Waals surface area contributed by atoms with Gasteiger partial charge in [0.05, 0.1) is 0 Å². The maximum Gasteiger partial charge on any atom is 0.0256 e. The minimum absolute atomic E-state index is 1.05. The van der Waals surface area contributed by atoms with Crippen LogP contribution in [0.3, 0.4) is 0 Å². The molecule has 18 heavy (non-hydrogen) atoms. The molecule has 0 atom stereocenters. The van der Waals surface area contributed by atoms with E-state index in [0.29, 0.717) is 0 Å². The maximum atomic E-state index is 3.68. The maximum absolute atomic E-state index is 3.68. The quantitative estimate of drug-likeness (QED) is 0.419. The summed E-state index contributed by atoms with van der Waals surface area (Å²) in [6.07, 6.45) is 1.05. The highest BCUT2D eigenvalue weighted by atomic mass is 79.9. The number of rotatable bonds is 0. The van der Waals surface area contributed by atoms with Gasteiger partial charge in [-0.2, -0.15) is 0 Å². The summed E-state index contributed by atoms with van der Waals surface area (Å²) in [5.74, 6) is 0. The Bertz CT molecular complexity index is 772. The molecule has 4 rings (SSSR count). The predicted molar refractivity (Wildman–Crippen MR) is 79.9 cm³/mol. The third-order valence-electron chi connectivity index (χ3n) is 3.72. The van der Waals surface area contributed by atoms with Crippen molar-refractivity contribution in [2.75, 3.05) is 0 Å². The van der Waals surface area contributed by atoms with E-state index in [1.54, 1.807) is 0 Å². The van der Waals surface area contributed by atoms with Gasteiger partial charge in [0.25, 0.3) is 0 Å². The summed E-state index contributed by atoms with van der Waals surface area (Å²) in [6.45, 7) is 0. The number of benzene rings is 3. The van der Waals surface area contributed by atoms with Crippen LogP contribution in [0, 0.1) is 0 Å². The van der Waals surface area contributed by atoms with Crippen molar-refractivity contribution in [1.82, 2.24) is 0 Å². The van der Waals surface area contributed by atoms with Crippen LogP contribution in [-0.2, 0) is 6.42 Å². The van der Waals surface area contributed by atoms with Gasteiger partial charge in [0.1, 0.15) is 0 Å². The van der Waals surface area contributed by atoms with Crippen LogP contribution in [0.2, 0.25) is 0 Å². The SMILES string of the molecule is Brc1cccc2c1-c1cc3ccccc3cc1C2. The smallest absolute Gasteiger partial charge is 0.0256 e. The second kappa shape index (κ2) is 3.69. The van der Waals surface area contributed by atoms with Gasteiger partial charge in [-0.15, -0.1) is 0 Å². The van der Waals surface area contributed by atoms with Crippen LogP contribution in [0.5, 0.6) is 0 Å². The first kappa shape index (κ1) is 10.3. The topological polar surface area (TPSA) is 0 Å². The first-order chi connectivity index (χ1) is 8.83. The normalized spacial score (nSPS) is 12.5. The van der Waals surface area contributed by atoms with E-state index in [2.05, 4.69) is 70.5 Å². The van der Waals surface area contributed by atoms with E-state index in [4.69, 9.17) is 0 Å². The lowest BCUT2D eigenvalue weighted by Crippen LogP contribution is -1.81. The van der Waals surface area contributed by atoms with Crippen molar-refractivity contribution in [3.8, 4) is 11.1 Å². The van der Waals surface area contributed by atoms with Crippen LogP contribution >= 0.6 is 15.9 Å². The highest BCUT2D eigenvalue weighted by Crippen LogP contribution is 2.42. The molecule has 86 valence electrons. The second-order valence-electron chi connectivity index (χ2n) is 4.81. The molecule has 3 aromatic carbocycles. The Morgan fingerprint density at radius 1 is 0.778 bits per heavy atom. The fourth-order valence-corrected chi connectivity index (χ4v) is 3.51. The second-order valence-corrected chi connectivity index (χ2v) is 5.66. The standard InChI is InChI=1S/C17H11Br/c18-16-7-3-6-13-9-14-8-11-4-1-2-5-12(11)10-15(14)17(13)16/h1-8,10H,9H2. The Morgan fingerprint density at radius 3 is 2.39 bits per heavy atom. The largest absolute Gasteiger partial charge is 0.0616 e. The summed E-state index contributed by atoms with van der Waals surface area (Å²) in [4.78, 5) is 0. The van der Waals surface area contributed by atoms with E-state index in [0.717, 1.165) is 6.42 Å². The van der Waals surface area contributed by atoms with Gasteiger partial charge in [0, 0.05) is 4.47 Å². The van der Waals surface area contributed by atoms with E-state index in [1.807, 2.05) is 0 Å². The third kappa shape index (κ3) is 1.37. The molecule has 0 amide bonds. The van der Waals surface area contributed by atoms with Crippen molar-refractivity contribution in [1.29, 1.82) is 0 Å². The van der Waals surface area contributed by atoms with Gasteiger partial charge in [-0.1, -0.05) is 58.4 Å². The predicted octanol–water partition coefficient (Wildman–Crippen LogP) is 5.17. The van der Waals surface area contributed by atoms with Crippen LogP contribution in [0.4, 0.5) is 0 Å². The van der Waals surface area contributed by atoms with Gasteiger partial charge in [0.15, 0.2) is 0 Å². The Morgan fingerprint density at radius 2 is 1.56 bits per heavy atom. The molecule has 0 aliphatic heterocycles. The fraction of sp³-hybridized carbons (Fsp3) is 0.0588. The van der Waals surface area contributed by atoms with Crippen molar-refractivity contribution < 1.29 is 0 Å². The van der Waals surface area contributed by atoms with Crippen LogP contribution < -0.4 is 0 Å². The summed E-state index contributed by atoms with van der Waals surface area (Å²) in [6, 6.07) is 19.7. The van der Waals surface area contributed by atoms with Crippen molar-refractivity contribution in [3.05, 3.63) is 70.2 Å². The Kier molecular flexibility index (Phi) is 2.12. The molecule has 3 aromatic rings. The zero-order valence-corrected chi connectivity index (χ0v) is 11.4. The highest BCUT2D eigenvalue weighted by Gasteiger charge is 2.20. The van der Waals surface area contributed by atoms with E-state index in [-0.39, 0.29) is 0 Å². The zero-order chi connectivity index (χ0) is 12.1. The molecular weight excluding hydrogens is 284 g/mol. The Labute approximate surface area is 114 Å². The lowest BCUT2D eigenvalue weighted by molar-refractivity contribution is 1.27. The van der Waals surface area contributed by atoms with E-state index in [1.165, 1.54) is 37.5 Å². The van der Waals surface area contributed by atoms with Gasteiger partial charge in [-0.25, -0.2) is 0 Å². The highest BCUT2D eigenvalue weighted by molar-refractivity contribution is 9.10. The van der Waals surface area contributed by atoms with Crippen LogP contribution in [-0.4, -0.2) is 0 Å². The van der Waals surface area contributed by atoms with Crippen molar-refractivity contribution in [2.24, 2.45) is 0 Å². The van der Waals surface area contributed by atoms with Crippen LogP contribution in [0.1, 0.15) is 11.1 Å². The molecule has 0 saturated carbocycles. The summed E-state index contributed by atoms with van der Waals surface area (Å²) in [5, 5.41) is 2.65. The third-order valence-corrected chi connectivity index (χ3v) is 4.38. The lowest BCUT2D eigenvalue weighted by Gasteiger charge is -2.05. The molecule has 1 aliphatic carbocycles. The van der Waals surface area contributed by atoms with Gasteiger partial charge in [0.2, 0.25) is 0 Å². The first-order valence-corrected chi connectivity index (χ1v) is 6.92. The number of halogens is 1. The monoisotopic (exact) mass is 294 g/mol.